The van der Waals surface area contributed by atoms with Crippen molar-refractivity contribution in [2.24, 2.45) is 5.92 Å². The lowest BCUT2D eigenvalue weighted by atomic mass is 9.89. The molecule has 1 amide bonds. The fourth-order valence-corrected chi connectivity index (χ4v) is 3.44. The first-order valence-corrected chi connectivity index (χ1v) is 8.37. The van der Waals surface area contributed by atoms with E-state index in [4.69, 9.17) is 5.73 Å². The number of carbonyl (C=O) groups excluding carboxylic acids is 1. The average Bonchev–Trinajstić information content (AvgIpc) is 2.43. The summed E-state index contributed by atoms with van der Waals surface area (Å²) >= 11 is 3.41. The molecule has 0 atom stereocenters. The Morgan fingerprint density at radius 2 is 2.10 bits per heavy atom. The van der Waals surface area contributed by atoms with Crippen molar-refractivity contribution < 1.29 is 4.79 Å². The van der Waals surface area contributed by atoms with Crippen LogP contribution in [0, 0.1) is 5.92 Å². The molecular weight excluding hydrogens is 330 g/mol. The second-order valence-electron chi connectivity index (χ2n) is 5.99. The van der Waals surface area contributed by atoms with Gasteiger partial charge in [-0.3, -0.25) is 9.69 Å². The summed E-state index contributed by atoms with van der Waals surface area (Å²) in [6, 6.07) is 5.39. The van der Waals surface area contributed by atoms with Crippen LogP contribution < -0.4 is 11.1 Å². The monoisotopic (exact) mass is 353 g/mol. The number of benzene rings is 1. The topological polar surface area (TPSA) is 58.4 Å². The summed E-state index contributed by atoms with van der Waals surface area (Å²) in [6.07, 6.45) is 6.64. The van der Waals surface area contributed by atoms with E-state index in [0.29, 0.717) is 12.2 Å². The Morgan fingerprint density at radius 1 is 1.38 bits per heavy atom. The lowest BCUT2D eigenvalue weighted by molar-refractivity contribution is -0.117. The van der Waals surface area contributed by atoms with Crippen molar-refractivity contribution in [3.8, 4) is 0 Å². The summed E-state index contributed by atoms with van der Waals surface area (Å²) in [5, 5.41) is 2.92. The highest BCUT2D eigenvalue weighted by Crippen LogP contribution is 2.25. The molecule has 1 aliphatic carbocycles. The van der Waals surface area contributed by atoms with E-state index in [1.165, 1.54) is 32.1 Å². The number of nitrogens with zero attached hydrogens (tertiary/aromatic N) is 1. The van der Waals surface area contributed by atoms with Gasteiger partial charge < -0.3 is 11.1 Å². The Bertz CT molecular complexity index is 486. The fourth-order valence-electron chi connectivity index (χ4n) is 2.94. The highest BCUT2D eigenvalue weighted by Gasteiger charge is 2.17. The summed E-state index contributed by atoms with van der Waals surface area (Å²) in [5.41, 5.74) is 7.13. The van der Waals surface area contributed by atoms with Crippen LogP contribution >= 0.6 is 15.9 Å². The van der Waals surface area contributed by atoms with Crippen LogP contribution in [-0.2, 0) is 4.79 Å². The zero-order valence-electron chi connectivity index (χ0n) is 12.6. The van der Waals surface area contributed by atoms with E-state index < -0.39 is 0 Å². The van der Waals surface area contributed by atoms with Gasteiger partial charge in [0.05, 0.1) is 12.2 Å². The van der Waals surface area contributed by atoms with Crippen molar-refractivity contribution in [3.63, 3.8) is 0 Å². The maximum atomic E-state index is 12.1. The molecule has 0 unspecified atom stereocenters. The predicted octanol–water partition coefficient (Wildman–Crippen LogP) is 3.48. The van der Waals surface area contributed by atoms with Crippen molar-refractivity contribution in [1.29, 1.82) is 0 Å². The molecule has 1 aliphatic rings. The molecule has 21 heavy (non-hydrogen) atoms. The first-order valence-electron chi connectivity index (χ1n) is 7.58. The van der Waals surface area contributed by atoms with E-state index in [2.05, 4.69) is 26.1 Å². The van der Waals surface area contributed by atoms with Gasteiger partial charge in [0.25, 0.3) is 0 Å². The number of nitrogens with one attached hydrogen (secondary N) is 1. The van der Waals surface area contributed by atoms with E-state index in [9.17, 15) is 4.79 Å². The minimum Gasteiger partial charge on any atom is -0.399 e. The molecule has 0 bridgehead atoms. The Balaban J connectivity index is 1.80. The normalized spacial score (nSPS) is 16.1. The maximum absolute atomic E-state index is 12.1. The van der Waals surface area contributed by atoms with Crippen molar-refractivity contribution in [2.75, 3.05) is 31.2 Å². The smallest absolute Gasteiger partial charge is 0.238 e. The molecule has 1 saturated carbocycles. The molecule has 2 rings (SSSR count). The largest absolute Gasteiger partial charge is 0.399 e. The van der Waals surface area contributed by atoms with Gasteiger partial charge in [-0.1, -0.05) is 19.3 Å². The second kappa shape index (κ2) is 7.80. The number of hydrogen-bond acceptors (Lipinski definition) is 3. The molecule has 0 aliphatic heterocycles. The molecule has 0 spiro atoms. The molecule has 0 saturated heterocycles. The Morgan fingerprint density at radius 3 is 2.76 bits per heavy atom. The van der Waals surface area contributed by atoms with Gasteiger partial charge in [0, 0.05) is 16.7 Å². The van der Waals surface area contributed by atoms with Crippen LogP contribution in [-0.4, -0.2) is 30.9 Å². The van der Waals surface area contributed by atoms with Crippen molar-refractivity contribution >= 4 is 33.2 Å². The van der Waals surface area contributed by atoms with E-state index in [1.807, 2.05) is 13.1 Å². The summed E-state index contributed by atoms with van der Waals surface area (Å²) < 4.78 is 0.811. The van der Waals surface area contributed by atoms with Crippen LogP contribution in [0.5, 0.6) is 0 Å². The third-order valence-electron chi connectivity index (χ3n) is 3.98. The van der Waals surface area contributed by atoms with Gasteiger partial charge in [-0.25, -0.2) is 0 Å². The molecule has 0 heterocycles. The molecule has 1 fully saturated rings. The SMILES string of the molecule is CN(CC(=O)Nc1ccc(N)cc1Br)CC1CCCCC1. The predicted molar refractivity (Wildman–Crippen MR) is 91.3 cm³/mol. The number of nitrogen functional groups attached to an aromatic ring is 1. The van der Waals surface area contributed by atoms with Crippen LogP contribution in [0.1, 0.15) is 32.1 Å². The number of hydrogen-bond donors (Lipinski definition) is 2. The molecule has 4 nitrogen and oxygen atoms in total. The number of amides is 1. The standard InChI is InChI=1S/C16H24BrN3O/c1-20(10-12-5-3-2-4-6-12)11-16(21)19-15-8-7-13(18)9-14(15)17/h7-9,12H,2-6,10-11,18H2,1H3,(H,19,21). The number of likely N-dealkylation sites (N-methyl/N-ethyl adjacent to an activating group) is 1. The van der Waals surface area contributed by atoms with Gasteiger partial charge >= 0.3 is 0 Å². The van der Waals surface area contributed by atoms with Gasteiger partial charge in [0.15, 0.2) is 0 Å². The van der Waals surface area contributed by atoms with Crippen molar-refractivity contribution in [3.05, 3.63) is 22.7 Å². The summed E-state index contributed by atoms with van der Waals surface area (Å²) in [6.45, 7) is 1.43. The van der Waals surface area contributed by atoms with Crippen LogP contribution in [0.25, 0.3) is 0 Å². The van der Waals surface area contributed by atoms with Crippen molar-refractivity contribution in [1.82, 2.24) is 4.90 Å². The van der Waals surface area contributed by atoms with Gasteiger partial charge in [0.1, 0.15) is 0 Å². The number of nitrogens with two attached hydrogens (primary N) is 1. The Kier molecular flexibility index (Phi) is 6.06. The average molecular weight is 354 g/mol. The molecular formula is C16H24BrN3O. The van der Waals surface area contributed by atoms with E-state index in [1.54, 1.807) is 12.1 Å². The third-order valence-corrected chi connectivity index (χ3v) is 4.63. The zero-order valence-corrected chi connectivity index (χ0v) is 14.2. The third kappa shape index (κ3) is 5.32. The molecule has 116 valence electrons. The fraction of sp³-hybridized carbons (Fsp3) is 0.562. The summed E-state index contributed by atoms with van der Waals surface area (Å²) in [5.74, 6) is 0.763. The number of halogens is 1. The molecule has 1 aromatic carbocycles. The van der Waals surface area contributed by atoms with E-state index >= 15 is 0 Å². The van der Waals surface area contributed by atoms with Crippen molar-refractivity contribution in [2.45, 2.75) is 32.1 Å². The first kappa shape index (κ1) is 16.3. The lowest BCUT2D eigenvalue weighted by Crippen LogP contribution is -2.34. The van der Waals surface area contributed by atoms with Crippen LogP contribution in [0.4, 0.5) is 11.4 Å². The van der Waals surface area contributed by atoms with Crippen LogP contribution in [0.2, 0.25) is 0 Å². The highest BCUT2D eigenvalue weighted by atomic mass is 79.9. The quantitative estimate of drug-likeness (QED) is 0.796. The van der Waals surface area contributed by atoms with Gasteiger partial charge in [-0.05, 0) is 59.9 Å². The summed E-state index contributed by atoms with van der Waals surface area (Å²) in [7, 11) is 2.02. The van der Waals surface area contributed by atoms with Crippen LogP contribution in [0.3, 0.4) is 0 Å². The number of anilines is 2. The summed E-state index contributed by atoms with van der Waals surface area (Å²) in [4.78, 5) is 14.2. The maximum Gasteiger partial charge on any atom is 0.238 e. The number of carbonyl (C=O) groups is 1. The zero-order chi connectivity index (χ0) is 15.2. The molecule has 1 aromatic rings. The highest BCUT2D eigenvalue weighted by molar-refractivity contribution is 9.10. The second-order valence-corrected chi connectivity index (χ2v) is 6.84. The van der Waals surface area contributed by atoms with Gasteiger partial charge in [0.2, 0.25) is 5.91 Å². The van der Waals surface area contributed by atoms with Crippen LogP contribution in [0.15, 0.2) is 22.7 Å². The Hall–Kier alpha value is -1.07. The molecule has 5 heteroatoms. The van der Waals surface area contributed by atoms with E-state index in [-0.39, 0.29) is 5.91 Å². The molecule has 0 radical (unpaired) electrons. The lowest BCUT2D eigenvalue weighted by Gasteiger charge is -2.26. The van der Waals surface area contributed by atoms with E-state index in [0.717, 1.165) is 22.6 Å². The number of rotatable bonds is 5. The minimum atomic E-state index is 0.0128. The van der Waals surface area contributed by atoms with Gasteiger partial charge in [-0.2, -0.15) is 0 Å². The van der Waals surface area contributed by atoms with Gasteiger partial charge in [-0.15, -0.1) is 0 Å². The molecule has 0 aromatic heterocycles. The minimum absolute atomic E-state index is 0.0128. The Labute approximate surface area is 135 Å². The first-order chi connectivity index (χ1) is 10.0. The molecule has 3 N–H and O–H groups in total.